The zero-order valence-corrected chi connectivity index (χ0v) is 9.49. The number of hydrogen-bond donors (Lipinski definition) is 2. The minimum absolute atomic E-state index is 0.107. The van der Waals surface area contributed by atoms with Gasteiger partial charge in [-0.05, 0) is 31.4 Å². The summed E-state index contributed by atoms with van der Waals surface area (Å²) in [5, 5.41) is 18.4. The van der Waals surface area contributed by atoms with Crippen molar-refractivity contribution >= 4 is 5.97 Å². The van der Waals surface area contributed by atoms with Gasteiger partial charge in [-0.15, -0.1) is 0 Å². The third kappa shape index (κ3) is 2.89. The fourth-order valence-corrected chi connectivity index (χ4v) is 1.61. The molecule has 16 heavy (non-hydrogen) atoms. The number of rotatable bonds is 5. The second kappa shape index (κ2) is 5.39. The minimum Gasteiger partial charge on any atom is -0.504 e. The topological polar surface area (TPSA) is 66.8 Å². The summed E-state index contributed by atoms with van der Waals surface area (Å²) >= 11 is 0. The van der Waals surface area contributed by atoms with Crippen LogP contribution < -0.4 is 4.74 Å². The second-order valence-corrected chi connectivity index (χ2v) is 3.66. The fraction of sp³-hybridized carbons (Fsp3) is 0.417. The quantitative estimate of drug-likeness (QED) is 0.803. The summed E-state index contributed by atoms with van der Waals surface area (Å²) in [4.78, 5) is 10.4. The van der Waals surface area contributed by atoms with Crippen LogP contribution >= 0.6 is 0 Å². The molecular formula is C12H16O4. The number of benzene rings is 1. The molecule has 0 aliphatic heterocycles. The molecule has 0 spiro atoms. The van der Waals surface area contributed by atoms with E-state index in [-0.39, 0.29) is 12.2 Å². The van der Waals surface area contributed by atoms with E-state index in [0.717, 1.165) is 11.1 Å². The standard InChI is InChI=1S/C12H16O4/c1-8-6-7-10(16-2)12(15)9(8)4-3-5-11(13)14/h6-7,15H,3-5H2,1-2H3,(H,13,14). The molecule has 1 rings (SSSR count). The first kappa shape index (κ1) is 12.4. The summed E-state index contributed by atoms with van der Waals surface area (Å²) in [6.45, 7) is 1.88. The monoisotopic (exact) mass is 224 g/mol. The van der Waals surface area contributed by atoms with Crippen LogP contribution in [0.25, 0.3) is 0 Å². The van der Waals surface area contributed by atoms with Gasteiger partial charge >= 0.3 is 5.97 Å². The van der Waals surface area contributed by atoms with Crippen molar-refractivity contribution in [2.75, 3.05) is 7.11 Å². The molecule has 0 fully saturated rings. The van der Waals surface area contributed by atoms with Crippen LogP contribution in [0, 0.1) is 6.92 Å². The van der Waals surface area contributed by atoms with Crippen LogP contribution in [0.2, 0.25) is 0 Å². The normalized spacial score (nSPS) is 10.1. The molecule has 0 saturated carbocycles. The van der Waals surface area contributed by atoms with E-state index in [1.165, 1.54) is 7.11 Å². The van der Waals surface area contributed by atoms with Crippen molar-refractivity contribution in [2.24, 2.45) is 0 Å². The van der Waals surface area contributed by atoms with Gasteiger partial charge in [0.15, 0.2) is 11.5 Å². The van der Waals surface area contributed by atoms with E-state index >= 15 is 0 Å². The lowest BCUT2D eigenvalue weighted by Crippen LogP contribution is -1.98. The molecule has 88 valence electrons. The largest absolute Gasteiger partial charge is 0.504 e. The molecule has 0 saturated heterocycles. The lowest BCUT2D eigenvalue weighted by molar-refractivity contribution is -0.137. The lowest BCUT2D eigenvalue weighted by atomic mass is 10.0. The van der Waals surface area contributed by atoms with Crippen LogP contribution in [0.1, 0.15) is 24.0 Å². The Bertz CT molecular complexity index is 385. The van der Waals surface area contributed by atoms with E-state index in [1.54, 1.807) is 6.07 Å². The summed E-state index contributed by atoms with van der Waals surface area (Å²) in [5.74, 6) is -0.274. The molecule has 0 atom stereocenters. The van der Waals surface area contributed by atoms with Crippen LogP contribution in [0.5, 0.6) is 11.5 Å². The third-order valence-electron chi connectivity index (χ3n) is 2.52. The Morgan fingerprint density at radius 3 is 2.69 bits per heavy atom. The Kier molecular flexibility index (Phi) is 4.17. The number of aliphatic carboxylic acids is 1. The van der Waals surface area contributed by atoms with E-state index in [1.807, 2.05) is 13.0 Å². The molecule has 1 aromatic rings. The van der Waals surface area contributed by atoms with Crippen molar-refractivity contribution in [3.05, 3.63) is 23.3 Å². The molecule has 0 aromatic heterocycles. The number of carbonyl (C=O) groups is 1. The molecular weight excluding hydrogens is 208 g/mol. The Morgan fingerprint density at radius 1 is 1.44 bits per heavy atom. The molecule has 0 bridgehead atoms. The van der Waals surface area contributed by atoms with Crippen molar-refractivity contribution in [1.29, 1.82) is 0 Å². The van der Waals surface area contributed by atoms with Gasteiger partial charge in [0.1, 0.15) is 0 Å². The summed E-state index contributed by atoms with van der Waals surface area (Å²) in [6.07, 6.45) is 1.16. The van der Waals surface area contributed by atoms with Gasteiger partial charge in [-0.25, -0.2) is 0 Å². The first-order valence-corrected chi connectivity index (χ1v) is 5.13. The first-order valence-electron chi connectivity index (χ1n) is 5.13. The van der Waals surface area contributed by atoms with Gasteiger partial charge in [-0.3, -0.25) is 4.79 Å². The SMILES string of the molecule is COc1ccc(C)c(CCCC(=O)O)c1O. The molecule has 0 heterocycles. The lowest BCUT2D eigenvalue weighted by Gasteiger charge is -2.11. The van der Waals surface area contributed by atoms with Crippen molar-refractivity contribution in [3.63, 3.8) is 0 Å². The first-order chi connectivity index (χ1) is 7.56. The van der Waals surface area contributed by atoms with Crippen molar-refractivity contribution < 1.29 is 19.7 Å². The van der Waals surface area contributed by atoms with Gasteiger partial charge < -0.3 is 14.9 Å². The molecule has 1 aromatic carbocycles. The molecule has 0 unspecified atom stereocenters. The Morgan fingerprint density at radius 2 is 2.12 bits per heavy atom. The number of carboxylic acid groups (broad SMARTS) is 1. The van der Waals surface area contributed by atoms with Crippen LogP contribution in [0.3, 0.4) is 0 Å². The van der Waals surface area contributed by atoms with E-state index < -0.39 is 5.97 Å². The number of carboxylic acids is 1. The van der Waals surface area contributed by atoms with Gasteiger partial charge in [0, 0.05) is 12.0 Å². The highest BCUT2D eigenvalue weighted by Crippen LogP contribution is 2.32. The van der Waals surface area contributed by atoms with Crippen molar-refractivity contribution in [1.82, 2.24) is 0 Å². The van der Waals surface area contributed by atoms with Gasteiger partial charge in [-0.1, -0.05) is 6.07 Å². The van der Waals surface area contributed by atoms with E-state index in [0.29, 0.717) is 18.6 Å². The molecule has 0 aliphatic carbocycles. The average molecular weight is 224 g/mol. The molecule has 0 radical (unpaired) electrons. The van der Waals surface area contributed by atoms with E-state index in [2.05, 4.69) is 0 Å². The predicted molar refractivity (Wildman–Crippen MR) is 60.0 cm³/mol. The summed E-state index contributed by atoms with van der Waals surface area (Å²) in [7, 11) is 1.49. The highest BCUT2D eigenvalue weighted by molar-refractivity contribution is 5.66. The van der Waals surface area contributed by atoms with Gasteiger partial charge in [0.25, 0.3) is 0 Å². The van der Waals surface area contributed by atoms with Crippen molar-refractivity contribution in [3.8, 4) is 11.5 Å². The Hall–Kier alpha value is -1.71. The fourth-order valence-electron chi connectivity index (χ4n) is 1.61. The number of aryl methyl sites for hydroxylation is 1. The Labute approximate surface area is 94.5 Å². The van der Waals surface area contributed by atoms with Crippen LogP contribution in [-0.2, 0) is 11.2 Å². The highest BCUT2D eigenvalue weighted by atomic mass is 16.5. The number of phenolic OH excluding ortho intramolecular Hbond substituents is 1. The molecule has 4 heteroatoms. The smallest absolute Gasteiger partial charge is 0.303 e. The number of aromatic hydroxyl groups is 1. The van der Waals surface area contributed by atoms with Crippen LogP contribution in [-0.4, -0.2) is 23.3 Å². The molecule has 0 aliphatic rings. The average Bonchev–Trinajstić information content (AvgIpc) is 2.23. The zero-order valence-electron chi connectivity index (χ0n) is 9.49. The molecule has 4 nitrogen and oxygen atoms in total. The zero-order chi connectivity index (χ0) is 12.1. The minimum atomic E-state index is -0.819. The summed E-state index contributed by atoms with van der Waals surface area (Å²) < 4.78 is 5.00. The number of phenols is 1. The third-order valence-corrected chi connectivity index (χ3v) is 2.52. The van der Waals surface area contributed by atoms with Crippen LogP contribution in [0.4, 0.5) is 0 Å². The van der Waals surface area contributed by atoms with E-state index in [4.69, 9.17) is 9.84 Å². The second-order valence-electron chi connectivity index (χ2n) is 3.66. The van der Waals surface area contributed by atoms with Crippen molar-refractivity contribution in [2.45, 2.75) is 26.2 Å². The number of hydrogen-bond acceptors (Lipinski definition) is 3. The van der Waals surface area contributed by atoms with Gasteiger partial charge in [0.05, 0.1) is 7.11 Å². The molecule has 2 N–H and O–H groups in total. The summed E-state index contributed by atoms with van der Waals surface area (Å²) in [6, 6.07) is 3.56. The number of ether oxygens (including phenoxy) is 1. The predicted octanol–water partition coefficient (Wildman–Crippen LogP) is 2.12. The maximum atomic E-state index is 10.4. The van der Waals surface area contributed by atoms with Crippen LogP contribution in [0.15, 0.2) is 12.1 Å². The molecule has 0 amide bonds. The Balaban J connectivity index is 2.81. The number of methoxy groups -OCH3 is 1. The van der Waals surface area contributed by atoms with Gasteiger partial charge in [0.2, 0.25) is 0 Å². The maximum absolute atomic E-state index is 10.4. The highest BCUT2D eigenvalue weighted by Gasteiger charge is 2.11. The summed E-state index contributed by atoms with van der Waals surface area (Å²) in [5.41, 5.74) is 1.71. The maximum Gasteiger partial charge on any atom is 0.303 e. The van der Waals surface area contributed by atoms with E-state index in [9.17, 15) is 9.90 Å². The van der Waals surface area contributed by atoms with Gasteiger partial charge in [-0.2, -0.15) is 0 Å².